The molecule has 1 saturated heterocycles. The van der Waals surface area contributed by atoms with Gasteiger partial charge in [-0.15, -0.1) is 0 Å². The molecule has 19 heavy (non-hydrogen) atoms. The van der Waals surface area contributed by atoms with Crippen LogP contribution in [0.4, 0.5) is 0 Å². The van der Waals surface area contributed by atoms with E-state index in [1.807, 2.05) is 12.5 Å². The predicted molar refractivity (Wildman–Crippen MR) is 82.2 cm³/mol. The molecule has 0 spiro atoms. The van der Waals surface area contributed by atoms with Crippen molar-refractivity contribution in [3.63, 3.8) is 0 Å². The number of hydrogen-bond acceptors (Lipinski definition) is 3. The van der Waals surface area contributed by atoms with Gasteiger partial charge in [0.15, 0.2) is 0 Å². The van der Waals surface area contributed by atoms with Gasteiger partial charge >= 0.3 is 0 Å². The summed E-state index contributed by atoms with van der Waals surface area (Å²) < 4.78 is 8.97. The monoisotopic (exact) mass is 365 g/mol. The highest BCUT2D eigenvalue weighted by Gasteiger charge is 2.20. The van der Waals surface area contributed by atoms with Crippen LogP contribution < -0.4 is 0 Å². The van der Waals surface area contributed by atoms with Gasteiger partial charge in [-0.1, -0.05) is 0 Å². The summed E-state index contributed by atoms with van der Waals surface area (Å²) in [4.78, 5) is 8.97. The van der Waals surface area contributed by atoms with Crippen molar-refractivity contribution in [3.05, 3.63) is 34.3 Å². The lowest BCUT2D eigenvalue weighted by Crippen LogP contribution is -2.07. The third-order valence-corrected chi connectivity index (χ3v) is 4.33. The molecule has 0 aliphatic carbocycles. The summed E-state index contributed by atoms with van der Waals surface area (Å²) in [5, 5.41) is 1.17. The van der Waals surface area contributed by atoms with Crippen LogP contribution in [0.2, 0.25) is 0 Å². The first-order valence-corrected chi connectivity index (χ1v) is 7.39. The van der Waals surface area contributed by atoms with Gasteiger partial charge in [0.2, 0.25) is 0 Å². The number of imidazole rings is 1. The summed E-state index contributed by atoms with van der Waals surface area (Å²) in [6.45, 7) is 1.62. The molecule has 96 valence electrons. The van der Waals surface area contributed by atoms with E-state index in [1.165, 1.54) is 14.5 Å². The van der Waals surface area contributed by atoms with Crippen LogP contribution in [-0.2, 0) is 4.74 Å². The molecule has 0 saturated carbocycles. The number of rotatable bonds is 1. The predicted octanol–water partition coefficient (Wildman–Crippen LogP) is 3.15. The zero-order chi connectivity index (χ0) is 12.8. The highest BCUT2D eigenvalue weighted by atomic mass is 127. The van der Waals surface area contributed by atoms with Crippen LogP contribution in [0.5, 0.6) is 0 Å². The van der Waals surface area contributed by atoms with Crippen molar-refractivity contribution < 1.29 is 4.74 Å². The number of pyridine rings is 1. The molecule has 4 nitrogen and oxygen atoms in total. The van der Waals surface area contributed by atoms with E-state index in [4.69, 9.17) is 4.74 Å². The van der Waals surface area contributed by atoms with E-state index in [0.717, 1.165) is 30.7 Å². The summed E-state index contributed by atoms with van der Waals surface area (Å²) in [7, 11) is 0. The maximum atomic E-state index is 5.50. The van der Waals surface area contributed by atoms with Crippen molar-refractivity contribution in [2.75, 3.05) is 13.2 Å². The first-order valence-electron chi connectivity index (χ1n) is 6.31. The largest absolute Gasteiger partial charge is 0.379 e. The summed E-state index contributed by atoms with van der Waals surface area (Å²) in [6, 6.07) is 6.73. The van der Waals surface area contributed by atoms with Gasteiger partial charge in [0.05, 0.1) is 36.2 Å². The van der Waals surface area contributed by atoms with Crippen molar-refractivity contribution in [1.82, 2.24) is 14.5 Å². The SMILES string of the molecule is Ic1ccc2ncc3ncn(C4CCOC4)c3c2c1. The molecule has 0 bridgehead atoms. The summed E-state index contributed by atoms with van der Waals surface area (Å²) >= 11 is 2.34. The zero-order valence-corrected chi connectivity index (χ0v) is 12.4. The average molecular weight is 365 g/mol. The van der Waals surface area contributed by atoms with E-state index in [0.29, 0.717) is 6.04 Å². The van der Waals surface area contributed by atoms with Crippen LogP contribution >= 0.6 is 22.6 Å². The molecule has 1 aromatic carbocycles. The smallest absolute Gasteiger partial charge is 0.107 e. The summed E-state index contributed by atoms with van der Waals surface area (Å²) in [5.41, 5.74) is 3.16. The van der Waals surface area contributed by atoms with Crippen molar-refractivity contribution in [2.45, 2.75) is 12.5 Å². The van der Waals surface area contributed by atoms with Gasteiger partial charge in [0.25, 0.3) is 0 Å². The maximum absolute atomic E-state index is 5.50. The van der Waals surface area contributed by atoms with E-state index in [1.54, 1.807) is 0 Å². The van der Waals surface area contributed by atoms with Crippen molar-refractivity contribution >= 4 is 44.5 Å². The molecule has 0 radical (unpaired) electrons. The van der Waals surface area contributed by atoms with E-state index >= 15 is 0 Å². The average Bonchev–Trinajstić information content (AvgIpc) is 3.07. The molecular weight excluding hydrogens is 353 g/mol. The summed E-state index contributed by atoms with van der Waals surface area (Å²) in [5.74, 6) is 0. The third kappa shape index (κ3) is 1.83. The molecular formula is C14H12IN3O. The van der Waals surface area contributed by atoms with Gasteiger partial charge in [-0.05, 0) is 47.2 Å². The Bertz CT molecular complexity index is 762. The number of benzene rings is 1. The molecule has 2 aromatic heterocycles. The highest BCUT2D eigenvalue weighted by Crippen LogP contribution is 2.29. The molecule has 3 aromatic rings. The Morgan fingerprint density at radius 2 is 2.21 bits per heavy atom. The third-order valence-electron chi connectivity index (χ3n) is 3.66. The Morgan fingerprint density at radius 1 is 1.26 bits per heavy atom. The van der Waals surface area contributed by atoms with E-state index in [-0.39, 0.29) is 0 Å². The molecule has 0 N–H and O–H groups in total. The topological polar surface area (TPSA) is 39.9 Å². The first-order chi connectivity index (χ1) is 9.33. The van der Waals surface area contributed by atoms with Crippen molar-refractivity contribution in [1.29, 1.82) is 0 Å². The van der Waals surface area contributed by atoms with Crippen molar-refractivity contribution in [3.8, 4) is 0 Å². The molecule has 1 aliphatic heterocycles. The van der Waals surface area contributed by atoms with Gasteiger partial charge in [-0.3, -0.25) is 4.98 Å². The van der Waals surface area contributed by atoms with Gasteiger partial charge < -0.3 is 9.30 Å². The minimum atomic E-state index is 0.397. The lowest BCUT2D eigenvalue weighted by molar-refractivity contribution is 0.187. The van der Waals surface area contributed by atoms with Crippen LogP contribution in [0.3, 0.4) is 0 Å². The number of aromatic nitrogens is 3. The first kappa shape index (κ1) is 11.6. The van der Waals surface area contributed by atoms with Crippen LogP contribution in [0, 0.1) is 3.57 Å². The number of hydrogen-bond donors (Lipinski definition) is 0. The second-order valence-electron chi connectivity index (χ2n) is 4.82. The van der Waals surface area contributed by atoms with Gasteiger partial charge in [0.1, 0.15) is 5.52 Å². The maximum Gasteiger partial charge on any atom is 0.107 e. The fourth-order valence-corrected chi connectivity index (χ4v) is 3.20. The molecule has 5 heteroatoms. The number of ether oxygens (including phenoxy) is 1. The lowest BCUT2D eigenvalue weighted by atomic mass is 10.1. The van der Waals surface area contributed by atoms with E-state index in [2.05, 4.69) is 55.3 Å². The second kappa shape index (κ2) is 4.42. The Labute approximate surface area is 123 Å². The standard InChI is InChI=1S/C14H12IN3O/c15-9-1-2-12-11(5-9)14-13(6-16-12)17-8-18(14)10-3-4-19-7-10/h1-2,5-6,8,10H,3-4,7H2. The Morgan fingerprint density at radius 3 is 3.05 bits per heavy atom. The Balaban J connectivity index is 2.06. The van der Waals surface area contributed by atoms with Gasteiger partial charge in [-0.2, -0.15) is 0 Å². The minimum absolute atomic E-state index is 0.397. The fraction of sp³-hybridized carbons (Fsp3) is 0.286. The molecule has 1 aliphatic rings. The van der Waals surface area contributed by atoms with Gasteiger partial charge in [0, 0.05) is 15.6 Å². The van der Waals surface area contributed by atoms with Crippen LogP contribution in [0.15, 0.2) is 30.7 Å². The molecule has 4 rings (SSSR count). The van der Waals surface area contributed by atoms with Crippen LogP contribution in [0.1, 0.15) is 12.5 Å². The van der Waals surface area contributed by atoms with Crippen molar-refractivity contribution in [2.24, 2.45) is 0 Å². The quantitative estimate of drug-likeness (QED) is 0.622. The second-order valence-corrected chi connectivity index (χ2v) is 6.07. The molecule has 1 unspecified atom stereocenters. The zero-order valence-electron chi connectivity index (χ0n) is 10.2. The highest BCUT2D eigenvalue weighted by molar-refractivity contribution is 14.1. The molecule has 0 amide bonds. The Kier molecular flexibility index (Phi) is 2.70. The van der Waals surface area contributed by atoms with Crippen LogP contribution in [-0.4, -0.2) is 27.7 Å². The van der Waals surface area contributed by atoms with E-state index < -0.39 is 0 Å². The molecule has 1 fully saturated rings. The fourth-order valence-electron chi connectivity index (χ4n) is 2.71. The summed E-state index contributed by atoms with van der Waals surface area (Å²) in [6.07, 6.45) is 4.83. The van der Waals surface area contributed by atoms with Gasteiger partial charge in [-0.25, -0.2) is 4.98 Å². The number of fused-ring (bicyclic) bond motifs is 3. The number of nitrogens with zero attached hydrogens (tertiary/aromatic N) is 3. The lowest BCUT2D eigenvalue weighted by Gasteiger charge is -2.12. The molecule has 1 atom stereocenters. The van der Waals surface area contributed by atoms with E-state index in [9.17, 15) is 0 Å². The minimum Gasteiger partial charge on any atom is -0.379 e. The van der Waals surface area contributed by atoms with Crippen LogP contribution in [0.25, 0.3) is 21.9 Å². The molecule has 3 heterocycles. The number of halogens is 1. The Hall–Kier alpha value is -1.21. The normalized spacial score (nSPS) is 19.5.